The SMILES string of the molecule is CCC(=O)Nc1ccc(C(=O)NCc2c(C)cc(NS(=O)(=O)c3ccc(Cl)cc3Cl)cc2C)c(OC)c1. The van der Waals surface area contributed by atoms with Gasteiger partial charge in [-0.1, -0.05) is 30.1 Å². The van der Waals surface area contributed by atoms with Gasteiger partial charge in [-0.15, -0.1) is 0 Å². The maximum absolute atomic E-state index is 12.9. The molecule has 0 saturated heterocycles. The van der Waals surface area contributed by atoms with Crippen molar-refractivity contribution >= 4 is 56.4 Å². The summed E-state index contributed by atoms with van der Waals surface area (Å²) in [4.78, 5) is 24.4. The summed E-state index contributed by atoms with van der Waals surface area (Å²) in [6.45, 7) is 5.61. The van der Waals surface area contributed by atoms with E-state index in [0.29, 0.717) is 34.1 Å². The van der Waals surface area contributed by atoms with Crippen LogP contribution in [0.15, 0.2) is 53.4 Å². The van der Waals surface area contributed by atoms with Crippen molar-refractivity contribution in [2.45, 2.75) is 38.6 Å². The van der Waals surface area contributed by atoms with Crippen LogP contribution in [0.1, 0.15) is 40.4 Å². The number of carbonyl (C=O) groups is 2. The molecule has 0 bridgehead atoms. The van der Waals surface area contributed by atoms with Gasteiger partial charge in [0.15, 0.2) is 0 Å². The Kier molecular flexibility index (Phi) is 9.07. The Morgan fingerprint density at radius 1 is 0.946 bits per heavy atom. The number of anilines is 2. The fourth-order valence-corrected chi connectivity index (χ4v) is 5.52. The van der Waals surface area contributed by atoms with E-state index >= 15 is 0 Å². The van der Waals surface area contributed by atoms with Crippen LogP contribution in [0, 0.1) is 13.8 Å². The fourth-order valence-electron chi connectivity index (χ4n) is 3.70. The molecule has 0 spiro atoms. The Balaban J connectivity index is 1.75. The van der Waals surface area contributed by atoms with Gasteiger partial charge in [-0.05, 0) is 73.0 Å². The number of methoxy groups -OCH3 is 1. The Morgan fingerprint density at radius 2 is 1.62 bits per heavy atom. The number of carbonyl (C=O) groups excluding carboxylic acids is 2. The quantitative estimate of drug-likeness (QED) is 0.309. The third-order valence-corrected chi connectivity index (χ3v) is 7.71. The third kappa shape index (κ3) is 6.94. The molecule has 0 aromatic heterocycles. The summed E-state index contributed by atoms with van der Waals surface area (Å²) in [7, 11) is -2.49. The molecule has 0 atom stereocenters. The Bertz CT molecular complexity index is 1440. The van der Waals surface area contributed by atoms with Crippen molar-refractivity contribution in [2.75, 3.05) is 17.1 Å². The van der Waals surface area contributed by atoms with Crippen LogP contribution < -0.4 is 20.1 Å². The monoisotopic (exact) mass is 563 g/mol. The first-order chi connectivity index (χ1) is 17.4. The van der Waals surface area contributed by atoms with Gasteiger partial charge in [0.05, 0.1) is 17.7 Å². The molecule has 0 fully saturated rings. The van der Waals surface area contributed by atoms with Crippen LogP contribution in [0.4, 0.5) is 11.4 Å². The summed E-state index contributed by atoms with van der Waals surface area (Å²) >= 11 is 12.0. The first-order valence-corrected chi connectivity index (χ1v) is 13.5. The van der Waals surface area contributed by atoms with Gasteiger partial charge < -0.3 is 15.4 Å². The van der Waals surface area contributed by atoms with Crippen LogP contribution in [0.5, 0.6) is 5.75 Å². The lowest BCUT2D eigenvalue weighted by atomic mass is 10.0. The zero-order chi connectivity index (χ0) is 27.3. The fraction of sp³-hybridized carbons (Fsp3) is 0.231. The number of halogens is 2. The summed E-state index contributed by atoms with van der Waals surface area (Å²) < 4.78 is 33.6. The minimum Gasteiger partial charge on any atom is -0.496 e. The molecular weight excluding hydrogens is 537 g/mol. The number of aryl methyl sites for hydroxylation is 2. The van der Waals surface area contributed by atoms with Crippen LogP contribution in [0.3, 0.4) is 0 Å². The summed E-state index contributed by atoms with van der Waals surface area (Å²) in [6, 6.07) is 12.3. The van der Waals surface area contributed by atoms with Gasteiger partial charge in [0, 0.05) is 35.4 Å². The summed E-state index contributed by atoms with van der Waals surface area (Å²) in [5, 5.41) is 5.95. The lowest BCUT2D eigenvalue weighted by Gasteiger charge is -2.16. The molecule has 3 aromatic rings. The van der Waals surface area contributed by atoms with Crippen molar-refractivity contribution in [1.82, 2.24) is 5.32 Å². The van der Waals surface area contributed by atoms with Gasteiger partial charge in [0.2, 0.25) is 5.91 Å². The number of amides is 2. The molecule has 2 amide bonds. The number of rotatable bonds is 9. The van der Waals surface area contributed by atoms with Gasteiger partial charge in [-0.25, -0.2) is 8.42 Å². The molecule has 0 saturated carbocycles. The molecule has 3 rings (SSSR count). The van der Waals surface area contributed by atoms with E-state index in [9.17, 15) is 18.0 Å². The molecule has 0 aliphatic carbocycles. The van der Waals surface area contributed by atoms with Crippen LogP contribution in [0.25, 0.3) is 0 Å². The number of benzene rings is 3. The van der Waals surface area contributed by atoms with Gasteiger partial charge in [0.1, 0.15) is 10.6 Å². The molecular formula is C26H27Cl2N3O5S. The number of nitrogens with one attached hydrogen (secondary N) is 3. The second-order valence-corrected chi connectivity index (χ2v) is 10.8. The smallest absolute Gasteiger partial charge is 0.263 e. The molecule has 0 unspecified atom stereocenters. The molecule has 3 N–H and O–H groups in total. The van der Waals surface area contributed by atoms with E-state index in [1.165, 1.54) is 25.3 Å². The highest BCUT2D eigenvalue weighted by atomic mass is 35.5. The second-order valence-electron chi connectivity index (χ2n) is 8.27. The van der Waals surface area contributed by atoms with Crippen LogP contribution in [-0.4, -0.2) is 27.3 Å². The van der Waals surface area contributed by atoms with E-state index in [2.05, 4.69) is 15.4 Å². The van der Waals surface area contributed by atoms with Crippen molar-refractivity contribution in [1.29, 1.82) is 0 Å². The Hall–Kier alpha value is -3.27. The van der Waals surface area contributed by atoms with Gasteiger partial charge >= 0.3 is 0 Å². The average molecular weight is 564 g/mol. The van der Waals surface area contributed by atoms with E-state index in [-0.39, 0.29) is 28.3 Å². The summed E-state index contributed by atoms with van der Waals surface area (Å²) in [5.41, 5.74) is 3.62. The van der Waals surface area contributed by atoms with Crippen molar-refractivity contribution in [3.8, 4) is 5.75 Å². The zero-order valence-corrected chi connectivity index (χ0v) is 23.1. The van der Waals surface area contributed by atoms with Crippen molar-refractivity contribution in [3.05, 3.63) is 80.8 Å². The van der Waals surface area contributed by atoms with Crippen LogP contribution in [0.2, 0.25) is 10.0 Å². The largest absolute Gasteiger partial charge is 0.496 e. The number of hydrogen-bond acceptors (Lipinski definition) is 5. The molecule has 11 heteroatoms. The maximum Gasteiger partial charge on any atom is 0.263 e. The first-order valence-electron chi connectivity index (χ1n) is 11.3. The highest BCUT2D eigenvalue weighted by molar-refractivity contribution is 7.92. The number of ether oxygens (including phenoxy) is 1. The van der Waals surface area contributed by atoms with Gasteiger partial charge in [-0.2, -0.15) is 0 Å². The van der Waals surface area contributed by atoms with E-state index in [1.54, 1.807) is 37.3 Å². The van der Waals surface area contributed by atoms with E-state index in [4.69, 9.17) is 27.9 Å². The van der Waals surface area contributed by atoms with E-state index in [1.807, 2.05) is 13.8 Å². The third-order valence-electron chi connectivity index (χ3n) is 5.61. The minimum absolute atomic E-state index is 0.0176. The van der Waals surface area contributed by atoms with Crippen molar-refractivity contribution in [2.24, 2.45) is 0 Å². The highest BCUT2D eigenvalue weighted by Gasteiger charge is 2.20. The van der Waals surface area contributed by atoms with Crippen molar-refractivity contribution in [3.63, 3.8) is 0 Å². The molecule has 0 heterocycles. The summed E-state index contributed by atoms with van der Waals surface area (Å²) in [6.07, 6.45) is 0.332. The van der Waals surface area contributed by atoms with Gasteiger partial charge in [-0.3, -0.25) is 14.3 Å². The predicted molar refractivity (Wildman–Crippen MR) is 146 cm³/mol. The minimum atomic E-state index is -3.94. The maximum atomic E-state index is 12.9. The number of hydrogen-bond donors (Lipinski definition) is 3. The molecule has 0 radical (unpaired) electrons. The normalized spacial score (nSPS) is 11.1. The lowest BCUT2D eigenvalue weighted by molar-refractivity contribution is -0.115. The van der Waals surface area contributed by atoms with E-state index in [0.717, 1.165) is 16.7 Å². The van der Waals surface area contributed by atoms with Gasteiger partial charge in [0.25, 0.3) is 15.9 Å². The number of sulfonamides is 1. The molecule has 0 aliphatic heterocycles. The van der Waals surface area contributed by atoms with Crippen LogP contribution in [-0.2, 0) is 21.4 Å². The standard InChI is InChI=1S/C26H27Cl2N3O5S/c1-5-25(32)30-18-7-8-20(23(13-18)36-4)26(33)29-14-21-15(2)10-19(11-16(21)3)31-37(34,35)24-9-6-17(27)12-22(24)28/h6-13,31H,5,14H2,1-4H3,(H,29,33)(H,30,32). The second kappa shape index (κ2) is 11.9. The van der Waals surface area contributed by atoms with Crippen LogP contribution >= 0.6 is 23.2 Å². The predicted octanol–water partition coefficient (Wildman–Crippen LogP) is 5.70. The van der Waals surface area contributed by atoms with Crippen molar-refractivity contribution < 1.29 is 22.7 Å². The molecule has 3 aromatic carbocycles. The average Bonchev–Trinajstić information content (AvgIpc) is 2.82. The van der Waals surface area contributed by atoms with E-state index < -0.39 is 10.0 Å². The Morgan fingerprint density at radius 3 is 2.22 bits per heavy atom. The molecule has 196 valence electrons. The lowest BCUT2D eigenvalue weighted by Crippen LogP contribution is -2.24. The highest BCUT2D eigenvalue weighted by Crippen LogP contribution is 2.29. The molecule has 0 aliphatic rings. The summed E-state index contributed by atoms with van der Waals surface area (Å²) in [5.74, 6) is -0.177. The molecule has 8 nitrogen and oxygen atoms in total. The zero-order valence-electron chi connectivity index (χ0n) is 20.7. The molecule has 37 heavy (non-hydrogen) atoms. The topological polar surface area (TPSA) is 114 Å². The Labute approximate surface area is 226 Å². The first kappa shape index (κ1) is 28.3.